The Bertz CT molecular complexity index is 773. The fourth-order valence-corrected chi connectivity index (χ4v) is 2.85. The third kappa shape index (κ3) is 2.18. The van der Waals surface area contributed by atoms with Crippen LogP contribution in [-0.2, 0) is 7.05 Å². The zero-order valence-electron chi connectivity index (χ0n) is 10.4. The second-order valence-corrected chi connectivity index (χ2v) is 5.76. The summed E-state index contributed by atoms with van der Waals surface area (Å²) in [6.07, 6.45) is 1.91. The first kappa shape index (κ1) is 12.4. The molecule has 0 fully saturated rings. The molecule has 0 amide bonds. The molecule has 0 saturated heterocycles. The Morgan fingerprint density at radius 2 is 1.89 bits per heavy atom. The van der Waals surface area contributed by atoms with E-state index in [1.807, 2.05) is 66.3 Å². The van der Waals surface area contributed by atoms with Gasteiger partial charge >= 0.3 is 0 Å². The van der Waals surface area contributed by atoms with Crippen molar-refractivity contribution in [2.45, 2.75) is 0 Å². The Morgan fingerprint density at radius 1 is 1.11 bits per heavy atom. The van der Waals surface area contributed by atoms with E-state index >= 15 is 0 Å². The minimum absolute atomic E-state index is 0.0790. The van der Waals surface area contributed by atoms with Gasteiger partial charge in [0.1, 0.15) is 0 Å². The third-order valence-electron chi connectivity index (χ3n) is 3.23. The van der Waals surface area contributed by atoms with Crippen molar-refractivity contribution >= 4 is 39.3 Å². The SMILES string of the molecule is Cn1cc(C(=O)c2cccc(I)c2)c2ccccc21. The van der Waals surface area contributed by atoms with E-state index in [9.17, 15) is 4.79 Å². The Labute approximate surface area is 125 Å². The van der Waals surface area contributed by atoms with Crippen molar-refractivity contribution in [3.63, 3.8) is 0 Å². The summed E-state index contributed by atoms with van der Waals surface area (Å²) < 4.78 is 3.07. The lowest BCUT2D eigenvalue weighted by Crippen LogP contribution is -2.00. The van der Waals surface area contributed by atoms with E-state index in [-0.39, 0.29) is 5.78 Å². The molecule has 0 unspecified atom stereocenters. The maximum Gasteiger partial charge on any atom is 0.195 e. The average molecular weight is 361 g/mol. The molecule has 0 N–H and O–H groups in total. The molecule has 0 atom stereocenters. The largest absolute Gasteiger partial charge is 0.350 e. The Balaban J connectivity index is 2.17. The summed E-state index contributed by atoms with van der Waals surface area (Å²) >= 11 is 2.22. The summed E-state index contributed by atoms with van der Waals surface area (Å²) in [6, 6.07) is 15.7. The Hall–Kier alpha value is -1.62. The minimum atomic E-state index is 0.0790. The van der Waals surface area contributed by atoms with Gasteiger partial charge in [0.2, 0.25) is 0 Å². The molecule has 0 bridgehead atoms. The number of hydrogen-bond donors (Lipinski definition) is 0. The van der Waals surface area contributed by atoms with E-state index in [0.717, 1.165) is 25.6 Å². The van der Waals surface area contributed by atoms with Crippen LogP contribution in [0.25, 0.3) is 10.9 Å². The third-order valence-corrected chi connectivity index (χ3v) is 3.90. The first-order valence-electron chi connectivity index (χ1n) is 6.01. The van der Waals surface area contributed by atoms with Crippen LogP contribution in [0.5, 0.6) is 0 Å². The molecule has 3 rings (SSSR count). The van der Waals surface area contributed by atoms with Crippen molar-refractivity contribution in [2.24, 2.45) is 7.05 Å². The lowest BCUT2D eigenvalue weighted by atomic mass is 10.0. The number of rotatable bonds is 2. The fraction of sp³-hybridized carbons (Fsp3) is 0.0625. The molecular weight excluding hydrogens is 349 g/mol. The van der Waals surface area contributed by atoms with Gasteiger partial charge in [0.15, 0.2) is 5.78 Å². The van der Waals surface area contributed by atoms with Crippen LogP contribution in [0, 0.1) is 3.57 Å². The number of nitrogens with zero attached hydrogens (tertiary/aromatic N) is 1. The van der Waals surface area contributed by atoms with Crippen molar-refractivity contribution in [2.75, 3.05) is 0 Å². The molecule has 94 valence electrons. The standard InChI is InChI=1S/C16H12INO/c1-18-10-14(13-7-2-3-8-15(13)18)16(19)11-5-4-6-12(17)9-11/h2-10H,1H3. The van der Waals surface area contributed by atoms with Crippen molar-refractivity contribution < 1.29 is 4.79 Å². The molecule has 0 aliphatic heterocycles. The van der Waals surface area contributed by atoms with E-state index in [2.05, 4.69) is 22.6 Å². The normalized spacial score (nSPS) is 10.8. The number of aromatic nitrogens is 1. The molecule has 2 nitrogen and oxygen atoms in total. The summed E-state index contributed by atoms with van der Waals surface area (Å²) in [5, 5.41) is 1.01. The Kier molecular flexibility index (Phi) is 3.14. The molecule has 0 aliphatic rings. The van der Waals surface area contributed by atoms with Crippen molar-refractivity contribution in [1.82, 2.24) is 4.57 Å². The smallest absolute Gasteiger partial charge is 0.195 e. The molecule has 3 heteroatoms. The van der Waals surface area contributed by atoms with Crippen molar-refractivity contribution in [1.29, 1.82) is 0 Å². The van der Waals surface area contributed by atoms with Crippen LogP contribution >= 0.6 is 22.6 Å². The van der Waals surface area contributed by atoms with Crippen molar-refractivity contribution in [3.05, 3.63) is 69.4 Å². The van der Waals surface area contributed by atoms with Gasteiger partial charge in [-0.3, -0.25) is 4.79 Å². The van der Waals surface area contributed by atoms with Gasteiger partial charge in [-0.1, -0.05) is 30.3 Å². The topological polar surface area (TPSA) is 22.0 Å². The van der Waals surface area contributed by atoms with Crippen LogP contribution in [-0.4, -0.2) is 10.4 Å². The predicted octanol–water partition coefficient (Wildman–Crippen LogP) is 4.01. The highest BCUT2D eigenvalue weighted by Gasteiger charge is 2.15. The number of ketones is 1. The van der Waals surface area contributed by atoms with Crippen molar-refractivity contribution in [3.8, 4) is 0 Å². The number of aryl methyl sites for hydroxylation is 1. The molecule has 0 saturated carbocycles. The molecule has 19 heavy (non-hydrogen) atoms. The van der Waals surface area contributed by atoms with E-state index in [1.54, 1.807) is 0 Å². The van der Waals surface area contributed by atoms with Gasteiger partial charge in [0.25, 0.3) is 0 Å². The maximum absolute atomic E-state index is 12.6. The number of carbonyl (C=O) groups is 1. The summed E-state index contributed by atoms with van der Waals surface area (Å²) in [5.41, 5.74) is 2.58. The zero-order chi connectivity index (χ0) is 13.4. The molecule has 2 aromatic carbocycles. The summed E-state index contributed by atoms with van der Waals surface area (Å²) in [7, 11) is 1.97. The number of benzene rings is 2. The monoisotopic (exact) mass is 361 g/mol. The number of hydrogen-bond acceptors (Lipinski definition) is 1. The van der Waals surface area contributed by atoms with Gasteiger partial charge in [-0.15, -0.1) is 0 Å². The summed E-state index contributed by atoms with van der Waals surface area (Å²) in [4.78, 5) is 12.6. The minimum Gasteiger partial charge on any atom is -0.350 e. The highest BCUT2D eigenvalue weighted by atomic mass is 127. The van der Waals surface area contributed by atoms with Gasteiger partial charge < -0.3 is 4.57 Å². The molecule has 0 aliphatic carbocycles. The van der Waals surface area contributed by atoms with Gasteiger partial charge in [0.05, 0.1) is 0 Å². The van der Waals surface area contributed by atoms with Gasteiger partial charge in [-0.25, -0.2) is 0 Å². The van der Waals surface area contributed by atoms with Crippen LogP contribution < -0.4 is 0 Å². The highest BCUT2D eigenvalue weighted by molar-refractivity contribution is 14.1. The molecule has 1 aromatic heterocycles. The maximum atomic E-state index is 12.6. The van der Waals surface area contributed by atoms with Gasteiger partial charge in [-0.2, -0.15) is 0 Å². The molecular formula is C16H12INO. The number of halogens is 1. The number of carbonyl (C=O) groups excluding carboxylic acids is 1. The second-order valence-electron chi connectivity index (χ2n) is 4.51. The quantitative estimate of drug-likeness (QED) is 0.499. The van der Waals surface area contributed by atoms with E-state index < -0.39 is 0 Å². The van der Waals surface area contributed by atoms with Gasteiger partial charge in [-0.05, 0) is 40.8 Å². The van der Waals surface area contributed by atoms with Crippen LogP contribution in [0.15, 0.2) is 54.7 Å². The molecule has 0 radical (unpaired) electrons. The van der Waals surface area contributed by atoms with E-state index in [0.29, 0.717) is 0 Å². The second kappa shape index (κ2) is 4.81. The van der Waals surface area contributed by atoms with Crippen LogP contribution in [0.2, 0.25) is 0 Å². The van der Waals surface area contributed by atoms with E-state index in [4.69, 9.17) is 0 Å². The molecule has 3 aromatic rings. The lowest BCUT2D eigenvalue weighted by Gasteiger charge is -2.00. The molecule has 1 heterocycles. The Morgan fingerprint density at radius 3 is 2.68 bits per heavy atom. The van der Waals surface area contributed by atoms with E-state index in [1.165, 1.54) is 0 Å². The van der Waals surface area contributed by atoms with Gasteiger partial charge in [0, 0.05) is 38.8 Å². The average Bonchev–Trinajstić information content (AvgIpc) is 2.76. The number of fused-ring (bicyclic) bond motifs is 1. The summed E-state index contributed by atoms with van der Waals surface area (Å²) in [5.74, 6) is 0.0790. The predicted molar refractivity (Wildman–Crippen MR) is 85.5 cm³/mol. The zero-order valence-corrected chi connectivity index (χ0v) is 12.6. The highest BCUT2D eigenvalue weighted by Crippen LogP contribution is 2.23. The number of para-hydroxylation sites is 1. The molecule has 0 spiro atoms. The lowest BCUT2D eigenvalue weighted by molar-refractivity contribution is 0.104. The van der Waals surface area contributed by atoms with Crippen LogP contribution in [0.3, 0.4) is 0 Å². The summed E-state index contributed by atoms with van der Waals surface area (Å²) in [6.45, 7) is 0. The van der Waals surface area contributed by atoms with Crippen LogP contribution in [0.1, 0.15) is 15.9 Å². The first-order chi connectivity index (χ1) is 9.16. The van der Waals surface area contributed by atoms with Crippen LogP contribution in [0.4, 0.5) is 0 Å². The first-order valence-corrected chi connectivity index (χ1v) is 7.09. The fourth-order valence-electron chi connectivity index (χ4n) is 2.31.